The number of rotatable bonds is 8. The van der Waals surface area contributed by atoms with Crippen LogP contribution >= 0.6 is 24.0 Å². The van der Waals surface area contributed by atoms with Crippen LogP contribution in [0.4, 0.5) is 0 Å². The molecule has 7 heteroatoms. The minimum atomic E-state index is 0. The van der Waals surface area contributed by atoms with Gasteiger partial charge in [0.1, 0.15) is 5.82 Å². The van der Waals surface area contributed by atoms with E-state index in [0.717, 1.165) is 43.5 Å². The molecule has 1 N–H and O–H groups in total. The van der Waals surface area contributed by atoms with E-state index in [1.54, 1.807) is 0 Å². The number of fused-ring (bicyclic) bond motifs is 1. The summed E-state index contributed by atoms with van der Waals surface area (Å²) < 4.78 is 2.25. The molecule has 0 atom stereocenters. The van der Waals surface area contributed by atoms with E-state index in [9.17, 15) is 0 Å². The Morgan fingerprint density at radius 1 is 1.33 bits per heavy atom. The van der Waals surface area contributed by atoms with Gasteiger partial charge in [-0.1, -0.05) is 12.5 Å². The Morgan fingerprint density at radius 3 is 2.92 bits per heavy atom. The van der Waals surface area contributed by atoms with Gasteiger partial charge in [0.2, 0.25) is 0 Å². The van der Waals surface area contributed by atoms with Crippen molar-refractivity contribution in [2.45, 2.75) is 58.0 Å². The van der Waals surface area contributed by atoms with Crippen LogP contribution in [0, 0.1) is 0 Å². The number of nitrogens with zero attached hydrogens (tertiary/aromatic N) is 5. The van der Waals surface area contributed by atoms with Crippen molar-refractivity contribution >= 4 is 29.9 Å². The minimum Gasteiger partial charge on any atom is -0.349 e. The van der Waals surface area contributed by atoms with E-state index < -0.39 is 0 Å². The van der Waals surface area contributed by atoms with Crippen molar-refractivity contribution in [3.05, 3.63) is 24.3 Å². The summed E-state index contributed by atoms with van der Waals surface area (Å²) in [6, 6.07) is 0. The molecule has 0 amide bonds. The van der Waals surface area contributed by atoms with Gasteiger partial charge in [0.25, 0.3) is 0 Å². The van der Waals surface area contributed by atoms with E-state index >= 15 is 0 Å². The maximum atomic E-state index is 4.37. The van der Waals surface area contributed by atoms with Crippen LogP contribution < -0.4 is 5.32 Å². The quantitative estimate of drug-likeness (QED) is 0.219. The second kappa shape index (κ2) is 11.4. The number of aromatic nitrogens is 3. The minimum absolute atomic E-state index is 0. The van der Waals surface area contributed by atoms with Crippen LogP contribution in [0.2, 0.25) is 0 Å². The third kappa shape index (κ3) is 6.07. The Balaban J connectivity index is 0.00000288. The molecule has 0 aliphatic carbocycles. The highest BCUT2D eigenvalue weighted by molar-refractivity contribution is 14.0. The second-order valence-corrected chi connectivity index (χ2v) is 6.10. The number of hydrogen-bond acceptors (Lipinski definition) is 3. The number of aliphatic imine (C=N–C) groups is 1. The largest absolute Gasteiger partial charge is 0.349 e. The molecule has 0 aromatic carbocycles. The molecule has 0 saturated carbocycles. The van der Waals surface area contributed by atoms with Gasteiger partial charge in [0.15, 0.2) is 11.8 Å². The number of hydrogen-bond donors (Lipinski definition) is 1. The van der Waals surface area contributed by atoms with Gasteiger partial charge in [0.05, 0.1) is 6.54 Å². The summed E-state index contributed by atoms with van der Waals surface area (Å²) in [4.78, 5) is 6.55. The summed E-state index contributed by atoms with van der Waals surface area (Å²) in [5.41, 5.74) is 0. The van der Waals surface area contributed by atoms with Crippen LogP contribution in [-0.2, 0) is 19.5 Å². The van der Waals surface area contributed by atoms with Gasteiger partial charge in [-0.2, -0.15) is 0 Å². The Hall–Kier alpha value is -1.12. The van der Waals surface area contributed by atoms with Crippen LogP contribution in [0.1, 0.15) is 50.2 Å². The standard InChI is InChI=1S/C17H30N6.HI/c1-4-5-6-7-9-12-22(3)17(18-2)19-14-16-21-20-15-11-8-10-13-23(15)16;/h4H,1,5-14H2,2-3H3,(H,18,19);1H. The zero-order valence-corrected chi connectivity index (χ0v) is 17.3. The molecule has 1 aromatic heterocycles. The van der Waals surface area contributed by atoms with E-state index in [4.69, 9.17) is 0 Å². The molecule has 6 nitrogen and oxygen atoms in total. The first kappa shape index (κ1) is 20.9. The summed E-state index contributed by atoms with van der Waals surface area (Å²) >= 11 is 0. The SMILES string of the molecule is C=CCCCCCN(C)C(=NC)NCc1nnc2n1CCCC2.I. The first-order chi connectivity index (χ1) is 11.3. The predicted molar refractivity (Wildman–Crippen MR) is 110 cm³/mol. The Morgan fingerprint density at radius 2 is 2.17 bits per heavy atom. The van der Waals surface area contributed by atoms with Crippen molar-refractivity contribution in [3.8, 4) is 0 Å². The molecule has 0 unspecified atom stereocenters. The molecule has 1 aliphatic heterocycles. The van der Waals surface area contributed by atoms with Gasteiger partial charge in [-0.3, -0.25) is 4.99 Å². The molecule has 0 bridgehead atoms. The van der Waals surface area contributed by atoms with Crippen LogP contribution in [0.3, 0.4) is 0 Å². The van der Waals surface area contributed by atoms with Crippen molar-refractivity contribution < 1.29 is 0 Å². The molecule has 24 heavy (non-hydrogen) atoms. The van der Waals surface area contributed by atoms with Crippen LogP contribution in [0.25, 0.3) is 0 Å². The van der Waals surface area contributed by atoms with Gasteiger partial charge in [-0.05, 0) is 32.1 Å². The molecule has 0 spiro atoms. The smallest absolute Gasteiger partial charge is 0.193 e. The van der Waals surface area contributed by atoms with Crippen molar-refractivity contribution in [1.29, 1.82) is 0 Å². The number of aryl methyl sites for hydroxylation is 1. The van der Waals surface area contributed by atoms with Crippen molar-refractivity contribution in [2.75, 3.05) is 20.6 Å². The summed E-state index contributed by atoms with van der Waals surface area (Å²) in [5.74, 6) is 3.06. The molecule has 1 aromatic rings. The summed E-state index contributed by atoms with van der Waals surface area (Å²) in [6.45, 7) is 6.49. The Bertz CT molecular complexity index is 525. The van der Waals surface area contributed by atoms with Gasteiger partial charge in [0, 0.05) is 33.6 Å². The number of allylic oxidation sites excluding steroid dienone is 1. The highest BCUT2D eigenvalue weighted by atomic mass is 127. The molecule has 0 radical (unpaired) electrons. The lowest BCUT2D eigenvalue weighted by Gasteiger charge is -2.22. The maximum Gasteiger partial charge on any atom is 0.193 e. The molecule has 2 rings (SSSR count). The zero-order chi connectivity index (χ0) is 16.5. The van der Waals surface area contributed by atoms with E-state index in [-0.39, 0.29) is 24.0 Å². The average Bonchev–Trinajstić information content (AvgIpc) is 2.98. The molecular weight excluding hydrogens is 415 g/mol. The van der Waals surface area contributed by atoms with E-state index in [1.807, 2.05) is 13.1 Å². The fourth-order valence-electron chi connectivity index (χ4n) is 2.96. The summed E-state index contributed by atoms with van der Waals surface area (Å²) in [6.07, 6.45) is 10.2. The Labute approximate surface area is 162 Å². The lowest BCUT2D eigenvalue weighted by atomic mass is 10.2. The number of halogens is 1. The van der Waals surface area contributed by atoms with E-state index in [2.05, 4.69) is 43.6 Å². The van der Waals surface area contributed by atoms with Gasteiger partial charge in [-0.15, -0.1) is 40.8 Å². The second-order valence-electron chi connectivity index (χ2n) is 6.10. The van der Waals surface area contributed by atoms with E-state index in [1.165, 1.54) is 32.1 Å². The normalized spacial score (nSPS) is 13.8. The molecule has 1 aliphatic rings. The third-order valence-corrected chi connectivity index (χ3v) is 4.32. The van der Waals surface area contributed by atoms with Crippen LogP contribution in [-0.4, -0.2) is 46.3 Å². The van der Waals surface area contributed by atoms with Crippen LogP contribution in [0.15, 0.2) is 17.6 Å². The highest BCUT2D eigenvalue weighted by Crippen LogP contribution is 2.14. The molecule has 2 heterocycles. The van der Waals surface area contributed by atoms with E-state index in [0.29, 0.717) is 6.54 Å². The average molecular weight is 446 g/mol. The first-order valence-electron chi connectivity index (χ1n) is 8.70. The van der Waals surface area contributed by atoms with Crippen molar-refractivity contribution in [1.82, 2.24) is 25.0 Å². The fraction of sp³-hybridized carbons (Fsp3) is 0.706. The lowest BCUT2D eigenvalue weighted by molar-refractivity contribution is 0.451. The number of unbranched alkanes of at least 4 members (excludes halogenated alkanes) is 3. The first-order valence-corrected chi connectivity index (χ1v) is 8.70. The zero-order valence-electron chi connectivity index (χ0n) is 15.0. The molecule has 136 valence electrons. The summed E-state index contributed by atoms with van der Waals surface area (Å²) in [5, 5.41) is 12.0. The van der Waals surface area contributed by atoms with Gasteiger partial charge < -0.3 is 14.8 Å². The van der Waals surface area contributed by atoms with Crippen LogP contribution in [0.5, 0.6) is 0 Å². The topological polar surface area (TPSA) is 58.3 Å². The highest BCUT2D eigenvalue weighted by Gasteiger charge is 2.16. The number of guanidine groups is 1. The molecular formula is C17H31IN6. The summed E-state index contributed by atoms with van der Waals surface area (Å²) in [7, 11) is 3.91. The number of nitrogens with one attached hydrogen (secondary N) is 1. The molecule has 0 fully saturated rings. The lowest BCUT2D eigenvalue weighted by Crippen LogP contribution is -2.39. The maximum absolute atomic E-state index is 4.37. The van der Waals surface area contributed by atoms with Crippen molar-refractivity contribution in [3.63, 3.8) is 0 Å². The predicted octanol–water partition coefficient (Wildman–Crippen LogP) is 2.99. The monoisotopic (exact) mass is 446 g/mol. The fourth-order valence-corrected chi connectivity index (χ4v) is 2.96. The van der Waals surface area contributed by atoms with Gasteiger partial charge >= 0.3 is 0 Å². The Kier molecular flexibility index (Phi) is 9.97. The third-order valence-electron chi connectivity index (χ3n) is 4.32. The van der Waals surface area contributed by atoms with Crippen molar-refractivity contribution in [2.24, 2.45) is 4.99 Å². The van der Waals surface area contributed by atoms with Gasteiger partial charge in [-0.25, -0.2) is 0 Å². The molecule has 0 saturated heterocycles.